The van der Waals surface area contributed by atoms with Gasteiger partial charge in [-0.25, -0.2) is 0 Å². The standard InChI is InChI=1S/C15H21N3O4.ClH/c1-9(19)17-12-5-3-10(21-2)7-13(12)18-15(20)14-6-4-11(8-16)22-14;/h3,5,7,11,14H,4,6,8,16H2,1-2H3,(H,17,19)(H,18,20);1H/t11-,14+;/m1./s1. The van der Waals surface area contributed by atoms with E-state index in [9.17, 15) is 9.59 Å². The molecule has 2 amide bonds. The number of carbonyl (C=O) groups excluding carboxylic acids is 2. The fourth-order valence-corrected chi connectivity index (χ4v) is 2.34. The molecule has 1 heterocycles. The van der Waals surface area contributed by atoms with Crippen molar-refractivity contribution in [3.05, 3.63) is 18.2 Å². The number of halogens is 1. The molecule has 128 valence electrons. The van der Waals surface area contributed by atoms with Crippen LogP contribution in [0.4, 0.5) is 11.4 Å². The van der Waals surface area contributed by atoms with Crippen LogP contribution in [0.25, 0.3) is 0 Å². The molecule has 7 nitrogen and oxygen atoms in total. The molecule has 0 bridgehead atoms. The summed E-state index contributed by atoms with van der Waals surface area (Å²) in [5.41, 5.74) is 6.53. The van der Waals surface area contributed by atoms with E-state index in [1.54, 1.807) is 18.2 Å². The number of rotatable bonds is 5. The van der Waals surface area contributed by atoms with Gasteiger partial charge in [0.1, 0.15) is 11.9 Å². The van der Waals surface area contributed by atoms with Crippen molar-refractivity contribution in [2.24, 2.45) is 5.73 Å². The molecule has 1 aromatic rings. The monoisotopic (exact) mass is 343 g/mol. The van der Waals surface area contributed by atoms with E-state index in [0.29, 0.717) is 30.1 Å². The summed E-state index contributed by atoms with van der Waals surface area (Å²) in [5, 5.41) is 5.45. The highest BCUT2D eigenvalue weighted by atomic mass is 35.5. The van der Waals surface area contributed by atoms with Crippen molar-refractivity contribution in [2.45, 2.75) is 32.0 Å². The first-order valence-electron chi connectivity index (χ1n) is 7.15. The predicted molar refractivity (Wildman–Crippen MR) is 90.1 cm³/mol. The van der Waals surface area contributed by atoms with Crippen LogP contribution in [-0.2, 0) is 14.3 Å². The average Bonchev–Trinajstić information content (AvgIpc) is 2.97. The third kappa shape index (κ3) is 5.09. The van der Waals surface area contributed by atoms with Crippen LogP contribution in [0.5, 0.6) is 5.75 Å². The van der Waals surface area contributed by atoms with Crippen LogP contribution < -0.4 is 21.1 Å². The van der Waals surface area contributed by atoms with E-state index in [1.807, 2.05) is 0 Å². The molecule has 0 radical (unpaired) electrons. The van der Waals surface area contributed by atoms with Gasteiger partial charge in [0, 0.05) is 19.5 Å². The van der Waals surface area contributed by atoms with Crippen LogP contribution in [-0.4, -0.2) is 37.7 Å². The topological polar surface area (TPSA) is 103 Å². The predicted octanol–water partition coefficient (Wildman–Crippen LogP) is 1.52. The van der Waals surface area contributed by atoms with Crippen LogP contribution in [0.1, 0.15) is 19.8 Å². The van der Waals surface area contributed by atoms with Crippen LogP contribution in [0.3, 0.4) is 0 Å². The van der Waals surface area contributed by atoms with Crippen molar-refractivity contribution in [2.75, 3.05) is 24.3 Å². The molecule has 0 saturated carbocycles. The average molecular weight is 344 g/mol. The highest BCUT2D eigenvalue weighted by Gasteiger charge is 2.30. The molecule has 1 fully saturated rings. The summed E-state index contributed by atoms with van der Waals surface area (Å²) in [4.78, 5) is 23.5. The maximum Gasteiger partial charge on any atom is 0.253 e. The minimum Gasteiger partial charge on any atom is -0.497 e. The molecule has 4 N–H and O–H groups in total. The Morgan fingerprint density at radius 1 is 1.30 bits per heavy atom. The van der Waals surface area contributed by atoms with E-state index < -0.39 is 6.10 Å². The van der Waals surface area contributed by atoms with Gasteiger partial charge in [0.2, 0.25) is 5.91 Å². The van der Waals surface area contributed by atoms with Gasteiger partial charge >= 0.3 is 0 Å². The quantitative estimate of drug-likeness (QED) is 0.752. The van der Waals surface area contributed by atoms with Gasteiger partial charge in [0.15, 0.2) is 0 Å². The third-order valence-electron chi connectivity index (χ3n) is 3.46. The zero-order chi connectivity index (χ0) is 16.1. The SMILES string of the molecule is COc1ccc(NC(C)=O)c(NC(=O)[C@@H]2CC[C@H](CN)O2)c1.Cl. The van der Waals surface area contributed by atoms with Gasteiger partial charge in [-0.15, -0.1) is 12.4 Å². The third-order valence-corrected chi connectivity index (χ3v) is 3.46. The number of amides is 2. The minimum atomic E-state index is -0.523. The molecule has 8 heteroatoms. The molecule has 1 aliphatic heterocycles. The molecule has 0 aromatic heterocycles. The van der Waals surface area contributed by atoms with E-state index in [1.165, 1.54) is 14.0 Å². The molecule has 0 unspecified atom stereocenters. The zero-order valence-corrected chi connectivity index (χ0v) is 13.9. The first kappa shape index (κ1) is 19.2. The van der Waals surface area contributed by atoms with Crippen molar-refractivity contribution in [3.8, 4) is 5.75 Å². The normalized spacial score (nSPS) is 19.6. The van der Waals surface area contributed by atoms with Gasteiger partial charge in [0.25, 0.3) is 5.91 Å². The molecule has 0 aliphatic carbocycles. The number of hydrogen-bond donors (Lipinski definition) is 3. The summed E-state index contributed by atoms with van der Waals surface area (Å²) < 4.78 is 10.7. The highest BCUT2D eigenvalue weighted by Crippen LogP contribution is 2.28. The Morgan fingerprint density at radius 2 is 2.04 bits per heavy atom. The van der Waals surface area contributed by atoms with Crippen molar-refractivity contribution in [3.63, 3.8) is 0 Å². The lowest BCUT2D eigenvalue weighted by molar-refractivity contribution is -0.126. The Morgan fingerprint density at radius 3 is 2.61 bits per heavy atom. The number of nitrogens with two attached hydrogens (primary N) is 1. The Balaban J connectivity index is 0.00000264. The highest BCUT2D eigenvalue weighted by molar-refractivity contribution is 6.00. The minimum absolute atomic E-state index is 0. The summed E-state index contributed by atoms with van der Waals surface area (Å²) in [7, 11) is 1.53. The first-order chi connectivity index (χ1) is 10.5. The second-order valence-electron chi connectivity index (χ2n) is 5.14. The summed E-state index contributed by atoms with van der Waals surface area (Å²) in [6.45, 7) is 1.81. The van der Waals surface area contributed by atoms with Crippen molar-refractivity contribution in [1.82, 2.24) is 0 Å². The van der Waals surface area contributed by atoms with Gasteiger partial charge in [-0.3, -0.25) is 9.59 Å². The lowest BCUT2D eigenvalue weighted by Gasteiger charge is -2.16. The second-order valence-corrected chi connectivity index (χ2v) is 5.14. The van der Waals surface area contributed by atoms with Crippen LogP contribution in [0, 0.1) is 0 Å². The van der Waals surface area contributed by atoms with Crippen LogP contribution >= 0.6 is 12.4 Å². The maximum atomic E-state index is 12.3. The summed E-state index contributed by atoms with van der Waals surface area (Å²) in [6, 6.07) is 5.03. The molecule has 2 atom stereocenters. The van der Waals surface area contributed by atoms with Crippen molar-refractivity contribution >= 4 is 35.6 Å². The molecule has 1 saturated heterocycles. The van der Waals surface area contributed by atoms with Gasteiger partial charge in [-0.1, -0.05) is 0 Å². The number of anilines is 2. The summed E-state index contributed by atoms with van der Waals surface area (Å²) in [5.74, 6) is 0.105. The van der Waals surface area contributed by atoms with E-state index in [-0.39, 0.29) is 30.3 Å². The largest absolute Gasteiger partial charge is 0.497 e. The smallest absolute Gasteiger partial charge is 0.253 e. The maximum absolute atomic E-state index is 12.3. The van der Waals surface area contributed by atoms with Crippen LogP contribution in [0.2, 0.25) is 0 Å². The van der Waals surface area contributed by atoms with Crippen molar-refractivity contribution < 1.29 is 19.1 Å². The number of methoxy groups -OCH3 is 1. The van der Waals surface area contributed by atoms with Crippen LogP contribution in [0.15, 0.2) is 18.2 Å². The molecule has 0 spiro atoms. The fourth-order valence-electron chi connectivity index (χ4n) is 2.34. The number of nitrogens with one attached hydrogen (secondary N) is 2. The first-order valence-corrected chi connectivity index (χ1v) is 7.15. The number of benzene rings is 1. The summed E-state index contributed by atoms with van der Waals surface area (Å²) >= 11 is 0. The molecule has 23 heavy (non-hydrogen) atoms. The molecular formula is C15H22ClN3O4. The lowest BCUT2D eigenvalue weighted by atomic mass is 10.1. The molecular weight excluding hydrogens is 322 g/mol. The summed E-state index contributed by atoms with van der Waals surface area (Å²) in [6.07, 6.45) is 0.805. The molecule has 2 rings (SSSR count). The van der Waals surface area contributed by atoms with E-state index >= 15 is 0 Å². The molecule has 1 aliphatic rings. The van der Waals surface area contributed by atoms with Gasteiger partial charge < -0.3 is 25.8 Å². The number of hydrogen-bond acceptors (Lipinski definition) is 5. The van der Waals surface area contributed by atoms with Crippen molar-refractivity contribution in [1.29, 1.82) is 0 Å². The van der Waals surface area contributed by atoms with E-state index in [2.05, 4.69) is 10.6 Å². The second kappa shape index (κ2) is 8.71. The van der Waals surface area contributed by atoms with Gasteiger partial charge in [0.05, 0.1) is 24.6 Å². The number of carbonyl (C=O) groups is 2. The van der Waals surface area contributed by atoms with Gasteiger partial charge in [-0.05, 0) is 25.0 Å². The Bertz CT molecular complexity index is 568. The van der Waals surface area contributed by atoms with E-state index in [0.717, 1.165) is 6.42 Å². The van der Waals surface area contributed by atoms with Gasteiger partial charge in [-0.2, -0.15) is 0 Å². The fraction of sp³-hybridized carbons (Fsp3) is 0.467. The zero-order valence-electron chi connectivity index (χ0n) is 13.1. The number of ether oxygens (including phenoxy) is 2. The Kier molecular flexibility index (Phi) is 7.28. The Hall–Kier alpha value is -1.83. The Labute approximate surface area is 141 Å². The lowest BCUT2D eigenvalue weighted by Crippen LogP contribution is -2.30. The molecule has 1 aromatic carbocycles. The van der Waals surface area contributed by atoms with E-state index in [4.69, 9.17) is 15.2 Å².